The third kappa shape index (κ3) is 4.85. The van der Waals surface area contributed by atoms with Crippen molar-refractivity contribution >= 4 is 10.9 Å². The molecular formula is C23H32N6O2. The molecule has 1 aliphatic heterocycles. The number of hydrogen-bond acceptors (Lipinski definition) is 6. The standard InChI is InChI=1S/C23H32N6O2/c1-5-23(3,4)29-21(25-26-27-29)15-28(14-19-7-6-10-31-19)13-18-12-17-11-16(2)8-9-20(17)24-22(18)30/h8-9,11-12,19H,5-7,10,13-15H2,1-4H3,(H,24,30)/t19-/m0/s1. The van der Waals surface area contributed by atoms with Crippen molar-refractivity contribution in [3.8, 4) is 0 Å². The van der Waals surface area contributed by atoms with Gasteiger partial charge < -0.3 is 9.72 Å². The van der Waals surface area contributed by atoms with Crippen molar-refractivity contribution in [2.24, 2.45) is 0 Å². The molecule has 3 aromatic rings. The number of fused-ring (bicyclic) bond motifs is 1. The number of pyridine rings is 1. The summed E-state index contributed by atoms with van der Waals surface area (Å²) in [5.74, 6) is 0.804. The number of benzene rings is 1. The number of nitrogens with zero attached hydrogens (tertiary/aromatic N) is 5. The fraction of sp³-hybridized carbons (Fsp3) is 0.565. The van der Waals surface area contributed by atoms with Crippen LogP contribution in [0.15, 0.2) is 29.1 Å². The van der Waals surface area contributed by atoms with Crippen LogP contribution in [0.25, 0.3) is 10.9 Å². The lowest BCUT2D eigenvalue weighted by molar-refractivity contribution is 0.0656. The minimum Gasteiger partial charge on any atom is -0.377 e. The van der Waals surface area contributed by atoms with E-state index in [0.717, 1.165) is 54.7 Å². The molecule has 1 N–H and O–H groups in total. The third-order valence-corrected chi connectivity index (χ3v) is 6.29. The first-order valence-corrected chi connectivity index (χ1v) is 11.1. The first kappa shape index (κ1) is 21.6. The predicted octanol–water partition coefficient (Wildman–Crippen LogP) is 3.15. The molecule has 0 saturated carbocycles. The average Bonchev–Trinajstić information content (AvgIpc) is 3.41. The lowest BCUT2D eigenvalue weighted by Gasteiger charge is -2.28. The molecule has 0 bridgehead atoms. The topological polar surface area (TPSA) is 88.9 Å². The molecule has 2 aromatic heterocycles. The summed E-state index contributed by atoms with van der Waals surface area (Å²) >= 11 is 0. The number of aromatic amines is 1. The van der Waals surface area contributed by atoms with Gasteiger partial charge in [-0.3, -0.25) is 9.69 Å². The van der Waals surface area contributed by atoms with Crippen LogP contribution in [0.2, 0.25) is 0 Å². The van der Waals surface area contributed by atoms with Crippen molar-refractivity contribution in [1.82, 2.24) is 30.1 Å². The van der Waals surface area contributed by atoms with Gasteiger partial charge in [0.05, 0.1) is 18.2 Å². The molecule has 0 amide bonds. The van der Waals surface area contributed by atoms with E-state index in [9.17, 15) is 4.79 Å². The van der Waals surface area contributed by atoms with Gasteiger partial charge in [0.25, 0.3) is 5.56 Å². The first-order valence-electron chi connectivity index (χ1n) is 11.1. The molecule has 31 heavy (non-hydrogen) atoms. The fourth-order valence-corrected chi connectivity index (χ4v) is 4.12. The zero-order valence-electron chi connectivity index (χ0n) is 18.9. The van der Waals surface area contributed by atoms with Gasteiger partial charge in [-0.25, -0.2) is 4.68 Å². The average molecular weight is 425 g/mol. The van der Waals surface area contributed by atoms with Crippen molar-refractivity contribution in [3.05, 3.63) is 51.6 Å². The lowest BCUT2D eigenvalue weighted by Crippen LogP contribution is -2.36. The van der Waals surface area contributed by atoms with Gasteiger partial charge in [-0.15, -0.1) is 5.10 Å². The highest BCUT2D eigenvalue weighted by Gasteiger charge is 2.26. The van der Waals surface area contributed by atoms with E-state index in [2.05, 4.69) is 59.2 Å². The Kier molecular flexibility index (Phi) is 6.20. The van der Waals surface area contributed by atoms with Crippen LogP contribution in [-0.2, 0) is 23.4 Å². The molecule has 166 valence electrons. The molecule has 1 aliphatic rings. The molecule has 8 heteroatoms. The van der Waals surface area contributed by atoms with Crippen LogP contribution in [0.3, 0.4) is 0 Å². The number of hydrogen-bond donors (Lipinski definition) is 1. The molecule has 4 rings (SSSR count). The Hall–Kier alpha value is -2.58. The van der Waals surface area contributed by atoms with Crippen molar-refractivity contribution < 1.29 is 4.74 Å². The molecule has 0 aliphatic carbocycles. The van der Waals surface area contributed by atoms with Crippen molar-refractivity contribution in [2.75, 3.05) is 13.2 Å². The summed E-state index contributed by atoms with van der Waals surface area (Å²) in [5.41, 5.74) is 2.54. The van der Waals surface area contributed by atoms with Crippen LogP contribution in [-0.4, -0.2) is 49.3 Å². The quantitative estimate of drug-likeness (QED) is 0.598. The SMILES string of the molecule is CCC(C)(C)n1nnnc1CN(Cc1cc2cc(C)ccc2[nH]c1=O)C[C@@H]1CCCO1. The second-order valence-corrected chi connectivity index (χ2v) is 9.19. The van der Waals surface area contributed by atoms with Gasteiger partial charge in [-0.1, -0.05) is 18.6 Å². The van der Waals surface area contributed by atoms with E-state index >= 15 is 0 Å². The van der Waals surface area contributed by atoms with Gasteiger partial charge in [0.2, 0.25) is 0 Å². The summed E-state index contributed by atoms with van der Waals surface area (Å²) in [6.45, 7) is 11.1. The van der Waals surface area contributed by atoms with Gasteiger partial charge in [-0.2, -0.15) is 0 Å². The number of ether oxygens (including phenoxy) is 1. The van der Waals surface area contributed by atoms with E-state index in [1.165, 1.54) is 5.56 Å². The van der Waals surface area contributed by atoms with Gasteiger partial charge in [0.1, 0.15) is 0 Å². The Morgan fingerprint density at radius 1 is 1.29 bits per heavy atom. The van der Waals surface area contributed by atoms with E-state index in [4.69, 9.17) is 4.74 Å². The number of aryl methyl sites for hydroxylation is 1. The molecule has 1 saturated heterocycles. The highest BCUT2D eigenvalue weighted by molar-refractivity contribution is 5.79. The lowest BCUT2D eigenvalue weighted by atomic mass is 10.0. The van der Waals surface area contributed by atoms with E-state index in [0.29, 0.717) is 13.1 Å². The summed E-state index contributed by atoms with van der Waals surface area (Å²) in [5, 5.41) is 13.5. The maximum Gasteiger partial charge on any atom is 0.252 e. The molecule has 0 radical (unpaired) electrons. The van der Waals surface area contributed by atoms with Gasteiger partial charge in [-0.05, 0) is 74.0 Å². The van der Waals surface area contributed by atoms with Crippen molar-refractivity contribution in [1.29, 1.82) is 0 Å². The Balaban J connectivity index is 1.63. The van der Waals surface area contributed by atoms with Crippen LogP contribution in [0.1, 0.15) is 57.0 Å². The van der Waals surface area contributed by atoms with Crippen LogP contribution in [0.5, 0.6) is 0 Å². The van der Waals surface area contributed by atoms with Gasteiger partial charge in [0.15, 0.2) is 5.82 Å². The van der Waals surface area contributed by atoms with Crippen molar-refractivity contribution in [3.63, 3.8) is 0 Å². The Bertz CT molecular complexity index is 1100. The highest BCUT2D eigenvalue weighted by atomic mass is 16.5. The highest BCUT2D eigenvalue weighted by Crippen LogP contribution is 2.22. The Morgan fingerprint density at radius 3 is 2.87 bits per heavy atom. The number of H-pyrrole nitrogens is 1. The smallest absolute Gasteiger partial charge is 0.252 e. The molecule has 1 fully saturated rings. The summed E-state index contributed by atoms with van der Waals surface area (Å²) in [6, 6.07) is 8.07. The minimum absolute atomic E-state index is 0.0535. The second-order valence-electron chi connectivity index (χ2n) is 9.19. The Morgan fingerprint density at radius 2 is 2.13 bits per heavy atom. The molecule has 0 spiro atoms. The van der Waals surface area contributed by atoms with E-state index in [1.54, 1.807) is 0 Å². The molecule has 3 heterocycles. The van der Waals surface area contributed by atoms with E-state index in [-0.39, 0.29) is 17.2 Å². The van der Waals surface area contributed by atoms with Crippen molar-refractivity contribution in [2.45, 2.75) is 71.7 Å². The monoisotopic (exact) mass is 424 g/mol. The summed E-state index contributed by atoms with van der Waals surface area (Å²) in [4.78, 5) is 18.1. The fourth-order valence-electron chi connectivity index (χ4n) is 4.12. The molecule has 8 nitrogen and oxygen atoms in total. The van der Waals surface area contributed by atoms with Crippen LogP contribution >= 0.6 is 0 Å². The molecular weight excluding hydrogens is 392 g/mol. The number of rotatable bonds is 8. The van der Waals surface area contributed by atoms with E-state index < -0.39 is 0 Å². The number of aromatic nitrogens is 5. The predicted molar refractivity (Wildman–Crippen MR) is 120 cm³/mol. The zero-order chi connectivity index (χ0) is 22.0. The van der Waals surface area contributed by atoms with Gasteiger partial charge in [0, 0.05) is 30.8 Å². The Labute approximate surface area is 182 Å². The maximum absolute atomic E-state index is 12.8. The zero-order valence-corrected chi connectivity index (χ0v) is 18.9. The number of nitrogens with one attached hydrogen (secondary N) is 1. The number of tetrazole rings is 1. The second kappa shape index (κ2) is 8.88. The van der Waals surface area contributed by atoms with Crippen LogP contribution in [0, 0.1) is 6.92 Å². The van der Waals surface area contributed by atoms with Crippen LogP contribution in [0.4, 0.5) is 0 Å². The summed E-state index contributed by atoms with van der Waals surface area (Å²) in [7, 11) is 0. The van der Waals surface area contributed by atoms with Gasteiger partial charge >= 0.3 is 0 Å². The molecule has 1 atom stereocenters. The maximum atomic E-state index is 12.8. The van der Waals surface area contributed by atoms with Crippen LogP contribution < -0.4 is 5.56 Å². The first-order chi connectivity index (χ1) is 14.9. The summed E-state index contributed by atoms with van der Waals surface area (Å²) < 4.78 is 7.80. The van der Waals surface area contributed by atoms with E-state index in [1.807, 2.05) is 22.9 Å². The minimum atomic E-state index is -0.174. The normalized spacial score (nSPS) is 17.1. The summed E-state index contributed by atoms with van der Waals surface area (Å²) in [6.07, 6.45) is 3.20. The molecule has 1 aromatic carbocycles. The molecule has 0 unspecified atom stereocenters. The third-order valence-electron chi connectivity index (χ3n) is 6.29. The largest absolute Gasteiger partial charge is 0.377 e.